The molecule has 1 heterocycles. The first-order chi connectivity index (χ1) is 9.29. The molecule has 0 aliphatic carbocycles. The van der Waals surface area contributed by atoms with Gasteiger partial charge in [-0.15, -0.1) is 0 Å². The summed E-state index contributed by atoms with van der Waals surface area (Å²) in [6.07, 6.45) is 7.01. The molecule has 0 radical (unpaired) electrons. The van der Waals surface area contributed by atoms with Gasteiger partial charge in [-0.25, -0.2) is 4.79 Å². The highest BCUT2D eigenvalue weighted by molar-refractivity contribution is 5.76. The van der Waals surface area contributed by atoms with Gasteiger partial charge in [-0.05, 0) is 43.0 Å². The zero-order chi connectivity index (χ0) is 13.5. The molecule has 1 aliphatic rings. The van der Waals surface area contributed by atoms with E-state index in [4.69, 9.17) is 4.74 Å². The first-order valence-electron chi connectivity index (χ1n) is 6.65. The van der Waals surface area contributed by atoms with Gasteiger partial charge in [-0.2, -0.15) is 0 Å². The molecule has 4 heteroatoms. The monoisotopic (exact) mass is 260 g/mol. The Morgan fingerprint density at radius 2 is 1.89 bits per heavy atom. The van der Waals surface area contributed by atoms with Crippen LogP contribution in [0.1, 0.15) is 24.8 Å². The predicted molar refractivity (Wildman–Crippen MR) is 76.0 cm³/mol. The van der Waals surface area contributed by atoms with Gasteiger partial charge >= 0.3 is 6.03 Å². The summed E-state index contributed by atoms with van der Waals surface area (Å²) < 4.78 is 5.09. The molecule has 0 saturated carbocycles. The maximum absolute atomic E-state index is 11.8. The molecule has 0 unspecified atom stereocenters. The Labute approximate surface area is 114 Å². The summed E-state index contributed by atoms with van der Waals surface area (Å²) in [4.78, 5) is 13.7. The van der Waals surface area contributed by atoms with E-state index in [0.717, 1.165) is 37.2 Å². The Bertz CT molecular complexity index is 434. The number of ether oxygens (including phenoxy) is 1. The molecule has 0 bridgehead atoms. The van der Waals surface area contributed by atoms with E-state index >= 15 is 0 Å². The van der Waals surface area contributed by atoms with Gasteiger partial charge < -0.3 is 15.0 Å². The van der Waals surface area contributed by atoms with E-state index in [9.17, 15) is 4.79 Å². The molecule has 1 aromatic rings. The minimum Gasteiger partial charge on any atom is -0.497 e. The van der Waals surface area contributed by atoms with Crippen LogP contribution in [0.3, 0.4) is 0 Å². The lowest BCUT2D eigenvalue weighted by molar-refractivity contribution is 0.190. The van der Waals surface area contributed by atoms with Gasteiger partial charge in [0.2, 0.25) is 0 Å². The standard InChI is InChI=1S/C15H20N2O2/c1-19-14-7-5-13(6-8-14)9-10-16-15(18)17-11-3-2-4-12-17/h5-10H,2-4,11-12H2,1H3,(H,16,18)/b10-9+. The minimum atomic E-state index is -0.00976. The van der Waals surface area contributed by atoms with Crippen molar-refractivity contribution in [2.75, 3.05) is 20.2 Å². The number of hydrogen-bond donors (Lipinski definition) is 1. The molecule has 2 rings (SSSR count). The first-order valence-corrected chi connectivity index (χ1v) is 6.65. The van der Waals surface area contributed by atoms with Crippen molar-refractivity contribution >= 4 is 12.1 Å². The molecule has 1 saturated heterocycles. The van der Waals surface area contributed by atoms with Crippen LogP contribution in [-0.2, 0) is 0 Å². The second-order valence-corrected chi connectivity index (χ2v) is 4.60. The van der Waals surface area contributed by atoms with E-state index in [0.29, 0.717) is 0 Å². The molecule has 0 spiro atoms. The first kappa shape index (κ1) is 13.5. The molecular formula is C15H20N2O2. The largest absolute Gasteiger partial charge is 0.497 e. The maximum atomic E-state index is 11.8. The Morgan fingerprint density at radius 3 is 2.53 bits per heavy atom. The van der Waals surface area contributed by atoms with Crippen molar-refractivity contribution in [2.45, 2.75) is 19.3 Å². The zero-order valence-electron chi connectivity index (χ0n) is 11.3. The van der Waals surface area contributed by atoms with Crippen LogP contribution < -0.4 is 10.1 Å². The highest BCUT2D eigenvalue weighted by atomic mass is 16.5. The molecule has 1 fully saturated rings. The number of methoxy groups -OCH3 is 1. The van der Waals surface area contributed by atoms with E-state index in [-0.39, 0.29) is 6.03 Å². The van der Waals surface area contributed by atoms with E-state index in [1.165, 1.54) is 6.42 Å². The summed E-state index contributed by atoms with van der Waals surface area (Å²) in [5, 5.41) is 2.80. The molecule has 0 aromatic heterocycles. The molecule has 1 aliphatic heterocycles. The van der Waals surface area contributed by atoms with Crippen LogP contribution in [0.25, 0.3) is 6.08 Å². The fraction of sp³-hybridized carbons (Fsp3) is 0.400. The van der Waals surface area contributed by atoms with Crippen LogP contribution in [0.15, 0.2) is 30.5 Å². The van der Waals surface area contributed by atoms with Gasteiger partial charge in [0.1, 0.15) is 5.75 Å². The van der Waals surface area contributed by atoms with Crippen LogP contribution in [0, 0.1) is 0 Å². The van der Waals surface area contributed by atoms with Gasteiger partial charge in [0.05, 0.1) is 7.11 Å². The lowest BCUT2D eigenvalue weighted by Gasteiger charge is -2.26. The zero-order valence-corrected chi connectivity index (χ0v) is 11.3. The van der Waals surface area contributed by atoms with Gasteiger partial charge in [0.25, 0.3) is 0 Å². The lowest BCUT2D eigenvalue weighted by Crippen LogP contribution is -2.40. The van der Waals surface area contributed by atoms with E-state index in [1.54, 1.807) is 13.3 Å². The summed E-state index contributed by atoms with van der Waals surface area (Å²) in [5.41, 5.74) is 1.03. The van der Waals surface area contributed by atoms with Crippen LogP contribution in [0.2, 0.25) is 0 Å². The average Bonchev–Trinajstić information content (AvgIpc) is 2.49. The van der Waals surface area contributed by atoms with E-state index < -0.39 is 0 Å². The van der Waals surface area contributed by atoms with Gasteiger partial charge in [-0.3, -0.25) is 0 Å². The molecule has 2 amide bonds. The number of piperidine rings is 1. The molecule has 4 nitrogen and oxygen atoms in total. The Morgan fingerprint density at radius 1 is 1.21 bits per heavy atom. The van der Waals surface area contributed by atoms with Crippen molar-refractivity contribution < 1.29 is 9.53 Å². The third-order valence-electron chi connectivity index (χ3n) is 3.24. The van der Waals surface area contributed by atoms with Crippen molar-refractivity contribution in [1.29, 1.82) is 0 Å². The third kappa shape index (κ3) is 4.02. The van der Waals surface area contributed by atoms with Crippen molar-refractivity contribution in [3.63, 3.8) is 0 Å². The number of nitrogens with one attached hydrogen (secondary N) is 1. The fourth-order valence-electron chi connectivity index (χ4n) is 2.11. The summed E-state index contributed by atoms with van der Waals surface area (Å²) in [7, 11) is 1.64. The Balaban J connectivity index is 1.83. The highest BCUT2D eigenvalue weighted by Crippen LogP contribution is 2.12. The van der Waals surface area contributed by atoms with Crippen LogP contribution >= 0.6 is 0 Å². The average molecular weight is 260 g/mol. The highest BCUT2D eigenvalue weighted by Gasteiger charge is 2.14. The molecule has 1 aromatic carbocycles. The maximum Gasteiger partial charge on any atom is 0.321 e. The number of hydrogen-bond acceptors (Lipinski definition) is 2. The smallest absolute Gasteiger partial charge is 0.321 e. The topological polar surface area (TPSA) is 41.6 Å². The molecule has 102 valence electrons. The van der Waals surface area contributed by atoms with Crippen molar-refractivity contribution in [1.82, 2.24) is 10.2 Å². The SMILES string of the molecule is COc1ccc(/C=C/NC(=O)N2CCCCC2)cc1. The second-order valence-electron chi connectivity index (χ2n) is 4.60. The number of likely N-dealkylation sites (tertiary alicyclic amines) is 1. The number of benzene rings is 1. The number of amides is 2. The van der Waals surface area contributed by atoms with Crippen molar-refractivity contribution in [2.24, 2.45) is 0 Å². The molecule has 0 atom stereocenters. The van der Waals surface area contributed by atoms with Crippen molar-refractivity contribution in [3.05, 3.63) is 36.0 Å². The second kappa shape index (κ2) is 6.83. The number of urea groups is 1. The summed E-state index contributed by atoms with van der Waals surface area (Å²) in [5.74, 6) is 0.828. The van der Waals surface area contributed by atoms with Crippen LogP contribution in [-0.4, -0.2) is 31.1 Å². The summed E-state index contributed by atoms with van der Waals surface area (Å²) >= 11 is 0. The number of carbonyl (C=O) groups excluding carboxylic acids is 1. The third-order valence-corrected chi connectivity index (χ3v) is 3.24. The van der Waals surface area contributed by atoms with Crippen LogP contribution in [0.4, 0.5) is 4.79 Å². The van der Waals surface area contributed by atoms with E-state index in [1.807, 2.05) is 35.2 Å². The Kier molecular flexibility index (Phi) is 4.84. The molecule has 1 N–H and O–H groups in total. The quantitative estimate of drug-likeness (QED) is 0.908. The normalized spacial score (nSPS) is 15.5. The molecule has 19 heavy (non-hydrogen) atoms. The van der Waals surface area contributed by atoms with Crippen LogP contribution in [0.5, 0.6) is 5.75 Å². The Hall–Kier alpha value is -1.97. The summed E-state index contributed by atoms with van der Waals surface area (Å²) in [6, 6.07) is 7.67. The number of rotatable bonds is 3. The fourth-order valence-corrected chi connectivity index (χ4v) is 2.11. The van der Waals surface area contributed by atoms with E-state index in [2.05, 4.69) is 5.32 Å². The lowest BCUT2D eigenvalue weighted by atomic mass is 10.1. The van der Waals surface area contributed by atoms with Crippen molar-refractivity contribution in [3.8, 4) is 5.75 Å². The predicted octanol–water partition coefficient (Wildman–Crippen LogP) is 2.86. The number of carbonyl (C=O) groups is 1. The summed E-state index contributed by atoms with van der Waals surface area (Å²) in [6.45, 7) is 1.73. The molecular weight excluding hydrogens is 240 g/mol. The minimum absolute atomic E-state index is 0.00976. The number of nitrogens with zero attached hydrogens (tertiary/aromatic N) is 1. The van der Waals surface area contributed by atoms with Gasteiger partial charge in [0, 0.05) is 19.3 Å². The van der Waals surface area contributed by atoms with Gasteiger partial charge in [0.15, 0.2) is 0 Å². The van der Waals surface area contributed by atoms with Gasteiger partial charge in [-0.1, -0.05) is 12.1 Å².